The van der Waals surface area contributed by atoms with Crippen LogP contribution in [-0.4, -0.2) is 52.2 Å². The molecule has 6 nitrogen and oxygen atoms in total. The number of likely N-dealkylation sites (tertiary alicyclic amines) is 1. The zero-order valence-electron chi connectivity index (χ0n) is 18.6. The minimum atomic E-state index is -3.44. The molecule has 2 aromatic carbocycles. The number of benzene rings is 2. The molecule has 0 radical (unpaired) electrons. The Kier molecular flexibility index (Phi) is 7.59. The summed E-state index contributed by atoms with van der Waals surface area (Å²) in [7, 11) is -1.96. The maximum Gasteiger partial charge on any atom is 0.255 e. The van der Waals surface area contributed by atoms with E-state index in [1.165, 1.54) is 16.9 Å². The van der Waals surface area contributed by atoms with Gasteiger partial charge in [0, 0.05) is 20.1 Å². The molecule has 0 bridgehead atoms. The summed E-state index contributed by atoms with van der Waals surface area (Å²) in [4.78, 5) is 15.0. The molecule has 2 aromatic rings. The van der Waals surface area contributed by atoms with E-state index in [0.717, 1.165) is 37.7 Å². The van der Waals surface area contributed by atoms with Crippen molar-refractivity contribution in [1.29, 1.82) is 0 Å². The molecule has 1 aliphatic rings. The normalized spacial score (nSPS) is 15.0. The molecule has 1 amide bonds. The van der Waals surface area contributed by atoms with Crippen molar-refractivity contribution in [1.82, 2.24) is 4.90 Å². The van der Waals surface area contributed by atoms with E-state index in [4.69, 9.17) is 4.74 Å². The molecule has 31 heavy (non-hydrogen) atoms. The third-order valence-electron chi connectivity index (χ3n) is 5.95. The van der Waals surface area contributed by atoms with Gasteiger partial charge in [-0.1, -0.05) is 24.3 Å². The first-order valence-electron chi connectivity index (χ1n) is 10.8. The SMILES string of the molecule is CCOc1ccc(CCC2CCN(C(=O)c3ccccc3N(C)S(C)(=O)=O)CC2)cc1. The lowest BCUT2D eigenvalue weighted by molar-refractivity contribution is 0.0688. The van der Waals surface area contributed by atoms with Gasteiger partial charge in [0.1, 0.15) is 5.75 Å². The summed E-state index contributed by atoms with van der Waals surface area (Å²) in [6.45, 7) is 4.05. The fourth-order valence-electron chi connectivity index (χ4n) is 3.99. The fraction of sp³-hybridized carbons (Fsp3) is 0.458. The minimum Gasteiger partial charge on any atom is -0.494 e. The molecule has 0 spiro atoms. The standard InChI is InChI=1S/C24H32N2O4S/c1-4-30-21-13-11-19(12-14-21)9-10-20-15-17-26(18-16-20)24(27)22-7-5-6-8-23(22)25(2)31(3,28)29/h5-8,11-14,20H,4,9-10,15-18H2,1-3H3. The number of rotatable bonds is 8. The molecule has 0 aromatic heterocycles. The zero-order chi connectivity index (χ0) is 22.4. The van der Waals surface area contributed by atoms with Crippen molar-refractivity contribution in [2.24, 2.45) is 5.92 Å². The van der Waals surface area contributed by atoms with Gasteiger partial charge in [0.25, 0.3) is 5.91 Å². The van der Waals surface area contributed by atoms with Gasteiger partial charge in [-0.2, -0.15) is 0 Å². The van der Waals surface area contributed by atoms with Crippen LogP contribution in [-0.2, 0) is 16.4 Å². The van der Waals surface area contributed by atoms with Gasteiger partial charge in [0.05, 0.1) is 24.1 Å². The highest BCUT2D eigenvalue weighted by Gasteiger charge is 2.27. The number of amides is 1. The summed E-state index contributed by atoms with van der Waals surface area (Å²) in [5.41, 5.74) is 2.16. The number of piperidine rings is 1. The van der Waals surface area contributed by atoms with Crippen LogP contribution < -0.4 is 9.04 Å². The molecule has 7 heteroatoms. The second kappa shape index (κ2) is 10.2. The summed E-state index contributed by atoms with van der Waals surface area (Å²) in [6.07, 6.45) is 5.19. The lowest BCUT2D eigenvalue weighted by atomic mass is 9.90. The Bertz CT molecular complexity index is 981. The van der Waals surface area contributed by atoms with Gasteiger partial charge < -0.3 is 9.64 Å². The highest BCUT2D eigenvalue weighted by molar-refractivity contribution is 7.92. The molecule has 1 aliphatic heterocycles. The van der Waals surface area contributed by atoms with Crippen LogP contribution in [0.3, 0.4) is 0 Å². The largest absolute Gasteiger partial charge is 0.494 e. The summed E-state index contributed by atoms with van der Waals surface area (Å²) < 4.78 is 30.6. The number of carbonyl (C=O) groups is 1. The van der Waals surface area contributed by atoms with Crippen LogP contribution in [0.1, 0.15) is 42.1 Å². The number of para-hydroxylation sites is 1. The maximum absolute atomic E-state index is 13.1. The monoisotopic (exact) mass is 444 g/mol. The van der Waals surface area contributed by atoms with Crippen LogP contribution in [0.5, 0.6) is 5.75 Å². The lowest BCUT2D eigenvalue weighted by Gasteiger charge is -2.33. The van der Waals surface area contributed by atoms with E-state index in [0.29, 0.717) is 36.9 Å². The molecule has 0 saturated carbocycles. The molecular weight excluding hydrogens is 412 g/mol. The van der Waals surface area contributed by atoms with Crippen LogP contribution in [0.2, 0.25) is 0 Å². The molecule has 0 aliphatic carbocycles. The molecular formula is C24H32N2O4S. The van der Waals surface area contributed by atoms with E-state index >= 15 is 0 Å². The first-order valence-corrected chi connectivity index (χ1v) is 12.7. The van der Waals surface area contributed by atoms with E-state index in [2.05, 4.69) is 12.1 Å². The van der Waals surface area contributed by atoms with Crippen molar-refractivity contribution in [3.05, 3.63) is 59.7 Å². The maximum atomic E-state index is 13.1. The van der Waals surface area contributed by atoms with E-state index < -0.39 is 10.0 Å². The molecule has 0 N–H and O–H groups in total. The third-order valence-corrected chi connectivity index (χ3v) is 7.14. The Labute approximate surface area is 185 Å². The van der Waals surface area contributed by atoms with Gasteiger partial charge in [-0.3, -0.25) is 9.10 Å². The summed E-state index contributed by atoms with van der Waals surface area (Å²) in [5, 5.41) is 0. The second-order valence-corrected chi connectivity index (χ2v) is 10.1. The zero-order valence-corrected chi connectivity index (χ0v) is 19.4. The predicted molar refractivity (Wildman–Crippen MR) is 124 cm³/mol. The van der Waals surface area contributed by atoms with E-state index in [9.17, 15) is 13.2 Å². The predicted octanol–water partition coefficient (Wildman–Crippen LogP) is 3.97. The highest BCUT2D eigenvalue weighted by atomic mass is 32.2. The Morgan fingerprint density at radius 1 is 1.10 bits per heavy atom. The van der Waals surface area contributed by atoms with Crippen molar-refractivity contribution in [3.8, 4) is 5.75 Å². The van der Waals surface area contributed by atoms with E-state index in [1.807, 2.05) is 24.0 Å². The number of ether oxygens (including phenoxy) is 1. The van der Waals surface area contributed by atoms with E-state index in [-0.39, 0.29) is 5.91 Å². The second-order valence-electron chi connectivity index (χ2n) is 8.10. The number of anilines is 1. The third kappa shape index (κ3) is 6.00. The molecule has 168 valence electrons. The number of hydrogen-bond donors (Lipinski definition) is 0. The minimum absolute atomic E-state index is 0.101. The summed E-state index contributed by atoms with van der Waals surface area (Å²) in [5.74, 6) is 1.39. The first-order chi connectivity index (χ1) is 14.8. The van der Waals surface area contributed by atoms with Gasteiger partial charge in [0.15, 0.2) is 0 Å². The Hall–Kier alpha value is -2.54. The molecule has 1 heterocycles. The Morgan fingerprint density at radius 3 is 2.35 bits per heavy atom. The van der Waals surface area contributed by atoms with Crippen LogP contribution in [0, 0.1) is 5.92 Å². The molecule has 0 unspecified atom stereocenters. The number of nitrogens with zero attached hydrogens (tertiary/aromatic N) is 2. The number of carbonyl (C=O) groups excluding carboxylic acids is 1. The van der Waals surface area contributed by atoms with Crippen molar-refractivity contribution in [2.75, 3.05) is 37.3 Å². The topological polar surface area (TPSA) is 66.9 Å². The van der Waals surface area contributed by atoms with Gasteiger partial charge in [0.2, 0.25) is 10.0 Å². The Morgan fingerprint density at radius 2 is 1.74 bits per heavy atom. The smallest absolute Gasteiger partial charge is 0.255 e. The van der Waals surface area contributed by atoms with Crippen molar-refractivity contribution in [2.45, 2.75) is 32.6 Å². The summed E-state index contributed by atoms with van der Waals surface area (Å²) in [6, 6.07) is 15.2. The molecule has 1 saturated heterocycles. The number of sulfonamides is 1. The van der Waals surface area contributed by atoms with Crippen LogP contribution in [0.15, 0.2) is 48.5 Å². The lowest BCUT2D eigenvalue weighted by Crippen LogP contribution is -2.39. The van der Waals surface area contributed by atoms with Crippen molar-refractivity contribution < 1.29 is 17.9 Å². The van der Waals surface area contributed by atoms with Crippen LogP contribution in [0.4, 0.5) is 5.69 Å². The number of aryl methyl sites for hydroxylation is 1. The molecule has 3 rings (SSSR count). The van der Waals surface area contributed by atoms with Crippen molar-refractivity contribution in [3.63, 3.8) is 0 Å². The fourth-order valence-corrected chi connectivity index (χ4v) is 4.51. The Balaban J connectivity index is 1.56. The van der Waals surface area contributed by atoms with Crippen LogP contribution in [0.25, 0.3) is 0 Å². The highest BCUT2D eigenvalue weighted by Crippen LogP contribution is 2.27. The van der Waals surface area contributed by atoms with E-state index in [1.54, 1.807) is 24.3 Å². The summed E-state index contributed by atoms with van der Waals surface area (Å²) >= 11 is 0. The number of hydrogen-bond acceptors (Lipinski definition) is 4. The van der Waals surface area contributed by atoms with Crippen LogP contribution >= 0.6 is 0 Å². The van der Waals surface area contributed by atoms with Gasteiger partial charge in [-0.05, 0) is 68.4 Å². The first kappa shape index (κ1) is 23.1. The van der Waals surface area contributed by atoms with Gasteiger partial charge >= 0.3 is 0 Å². The van der Waals surface area contributed by atoms with Gasteiger partial charge in [-0.25, -0.2) is 8.42 Å². The molecule has 1 fully saturated rings. The average molecular weight is 445 g/mol. The molecule has 0 atom stereocenters. The van der Waals surface area contributed by atoms with Crippen molar-refractivity contribution >= 4 is 21.6 Å². The van der Waals surface area contributed by atoms with Gasteiger partial charge in [-0.15, -0.1) is 0 Å². The quantitative estimate of drug-likeness (QED) is 0.618. The average Bonchev–Trinajstić information content (AvgIpc) is 2.77.